The summed E-state index contributed by atoms with van der Waals surface area (Å²) in [5, 5.41) is 10.6. The molecule has 0 radical (unpaired) electrons. The van der Waals surface area contributed by atoms with Crippen molar-refractivity contribution in [3.8, 4) is 0 Å². The first kappa shape index (κ1) is 23.7. The maximum absolute atomic E-state index is 13.8. The Hall–Kier alpha value is -2.59. The largest absolute Gasteiger partial charge is 0.443 e. The number of sulfonamides is 1. The first-order chi connectivity index (χ1) is 13.7. The lowest BCUT2D eigenvalue weighted by Gasteiger charge is -2.31. The molecular weight excluding hydrogens is 423 g/mol. The lowest BCUT2D eigenvalue weighted by molar-refractivity contribution is -0.266. The summed E-state index contributed by atoms with van der Waals surface area (Å²) in [7, 11) is -4.57. The molecule has 1 unspecified atom stereocenters. The van der Waals surface area contributed by atoms with Gasteiger partial charge in [-0.05, 0) is 38.0 Å². The number of alkyl halides is 3. The number of nitrogens with one attached hydrogen (secondary N) is 1. The van der Waals surface area contributed by atoms with Gasteiger partial charge in [0.1, 0.15) is 5.60 Å². The molecule has 2 N–H and O–H groups in total. The average molecular weight is 445 g/mol. The van der Waals surface area contributed by atoms with Crippen molar-refractivity contribution in [1.29, 1.82) is 0 Å². The zero-order chi connectivity index (χ0) is 22.8. The summed E-state index contributed by atoms with van der Waals surface area (Å²) in [4.78, 5) is 11.3. The molecule has 0 aliphatic rings. The number of carbonyl (C=O) groups is 1. The summed E-state index contributed by atoms with van der Waals surface area (Å²) < 4.78 is 73.3. The first-order valence-electron chi connectivity index (χ1n) is 8.84. The number of rotatable bonds is 5. The highest BCUT2D eigenvalue weighted by Crippen LogP contribution is 2.42. The fourth-order valence-corrected chi connectivity index (χ4v) is 3.85. The van der Waals surface area contributed by atoms with Crippen molar-refractivity contribution in [2.24, 2.45) is 0 Å². The molecule has 6 nitrogen and oxygen atoms in total. The number of halogens is 3. The molecule has 0 aliphatic heterocycles. The van der Waals surface area contributed by atoms with E-state index in [0.717, 1.165) is 24.3 Å². The van der Waals surface area contributed by atoms with Crippen LogP contribution < -0.4 is 4.72 Å². The fraction of sp³-hybridized carbons (Fsp3) is 0.350. The molecule has 1 atom stereocenters. The number of carbonyl (C=O) groups excluding carboxylic acids is 1. The van der Waals surface area contributed by atoms with Gasteiger partial charge in [-0.2, -0.15) is 13.2 Å². The van der Waals surface area contributed by atoms with Crippen LogP contribution in [-0.4, -0.2) is 31.4 Å². The van der Waals surface area contributed by atoms with Gasteiger partial charge in [0, 0.05) is 6.42 Å². The number of hydrogen-bond donors (Lipinski definition) is 2. The second-order valence-corrected chi connectivity index (χ2v) is 9.27. The lowest BCUT2D eigenvalue weighted by atomic mass is 9.86. The van der Waals surface area contributed by atoms with Gasteiger partial charge in [0.25, 0.3) is 10.0 Å². The monoisotopic (exact) mass is 445 g/mol. The van der Waals surface area contributed by atoms with E-state index in [2.05, 4.69) is 0 Å². The van der Waals surface area contributed by atoms with Gasteiger partial charge in [-0.15, -0.1) is 0 Å². The van der Waals surface area contributed by atoms with Crippen molar-refractivity contribution >= 4 is 16.1 Å². The average Bonchev–Trinajstić information content (AvgIpc) is 2.59. The number of ether oxygens (including phenoxy) is 1. The van der Waals surface area contributed by atoms with E-state index >= 15 is 0 Å². The Morgan fingerprint density at radius 1 is 1.00 bits per heavy atom. The van der Waals surface area contributed by atoms with Crippen LogP contribution in [0.4, 0.5) is 18.0 Å². The van der Waals surface area contributed by atoms with Gasteiger partial charge in [0.2, 0.25) is 0 Å². The molecule has 0 heterocycles. The van der Waals surface area contributed by atoms with Crippen LogP contribution in [0.2, 0.25) is 0 Å². The summed E-state index contributed by atoms with van der Waals surface area (Å²) >= 11 is 0. The number of benzene rings is 2. The molecule has 0 spiro atoms. The molecule has 2 aromatic carbocycles. The molecule has 0 saturated carbocycles. The van der Waals surface area contributed by atoms with E-state index in [0.29, 0.717) is 0 Å². The van der Waals surface area contributed by atoms with Crippen LogP contribution in [0.1, 0.15) is 31.9 Å². The van der Waals surface area contributed by atoms with Crippen molar-refractivity contribution in [1.82, 2.24) is 4.72 Å². The normalized spacial score (nSPS) is 14.6. The highest BCUT2D eigenvalue weighted by Gasteiger charge is 2.55. The highest BCUT2D eigenvalue weighted by atomic mass is 32.2. The van der Waals surface area contributed by atoms with Crippen molar-refractivity contribution in [2.75, 3.05) is 0 Å². The Bertz CT molecular complexity index is 1000. The first-order valence-corrected chi connectivity index (χ1v) is 10.3. The van der Waals surface area contributed by atoms with Gasteiger partial charge >= 0.3 is 12.3 Å². The summed E-state index contributed by atoms with van der Waals surface area (Å²) in [5.41, 5.74) is -5.09. The number of hydrogen-bond acceptors (Lipinski definition) is 5. The van der Waals surface area contributed by atoms with Crippen LogP contribution in [0.15, 0.2) is 59.5 Å². The van der Waals surface area contributed by atoms with Crippen molar-refractivity contribution in [2.45, 2.75) is 49.5 Å². The minimum Gasteiger partial charge on any atom is -0.443 e. The summed E-state index contributed by atoms with van der Waals surface area (Å²) in [5.74, 6) is 0. The van der Waals surface area contributed by atoms with E-state index in [4.69, 9.17) is 4.74 Å². The van der Waals surface area contributed by atoms with Crippen LogP contribution in [0, 0.1) is 0 Å². The summed E-state index contributed by atoms with van der Waals surface area (Å²) in [6.45, 7) is 4.57. The molecule has 0 aromatic heterocycles. The quantitative estimate of drug-likeness (QED) is 0.729. The zero-order valence-electron chi connectivity index (χ0n) is 16.5. The summed E-state index contributed by atoms with van der Waals surface area (Å²) in [6, 6.07) is 11.2. The van der Waals surface area contributed by atoms with Gasteiger partial charge < -0.3 is 9.84 Å². The molecule has 10 heteroatoms. The molecule has 2 aromatic rings. The molecule has 30 heavy (non-hydrogen) atoms. The summed E-state index contributed by atoms with van der Waals surface area (Å²) in [6.07, 6.45) is -7.44. The Balaban J connectivity index is 2.46. The van der Waals surface area contributed by atoms with E-state index in [1.807, 2.05) is 0 Å². The van der Waals surface area contributed by atoms with E-state index in [-0.39, 0.29) is 5.56 Å². The van der Waals surface area contributed by atoms with E-state index in [1.165, 1.54) is 51.1 Å². The third-order valence-corrected chi connectivity index (χ3v) is 5.46. The van der Waals surface area contributed by atoms with Crippen LogP contribution in [-0.2, 0) is 26.8 Å². The molecule has 0 fully saturated rings. The maximum atomic E-state index is 13.8. The fourth-order valence-electron chi connectivity index (χ4n) is 2.73. The van der Waals surface area contributed by atoms with Gasteiger partial charge in [0.15, 0.2) is 5.60 Å². The van der Waals surface area contributed by atoms with Crippen LogP contribution in [0.25, 0.3) is 0 Å². The Morgan fingerprint density at radius 2 is 1.53 bits per heavy atom. The maximum Gasteiger partial charge on any atom is 0.421 e. The third kappa shape index (κ3) is 5.51. The van der Waals surface area contributed by atoms with Gasteiger partial charge in [-0.25, -0.2) is 17.9 Å². The van der Waals surface area contributed by atoms with Crippen molar-refractivity contribution in [3.63, 3.8) is 0 Å². The molecule has 2 rings (SSSR count). The topological polar surface area (TPSA) is 92.7 Å². The number of aliphatic hydroxyl groups is 1. The highest BCUT2D eigenvalue weighted by molar-refractivity contribution is 7.90. The van der Waals surface area contributed by atoms with Crippen molar-refractivity contribution < 1.29 is 36.2 Å². The zero-order valence-corrected chi connectivity index (χ0v) is 17.3. The Kier molecular flexibility index (Phi) is 6.53. The van der Waals surface area contributed by atoms with Crippen LogP contribution in [0.3, 0.4) is 0 Å². The molecule has 1 amide bonds. The SMILES string of the molecule is CC(C)(C)OC(=O)NS(=O)(=O)c1ccccc1CC(O)(c1ccccc1)C(F)(F)F. The second kappa shape index (κ2) is 8.27. The minimum absolute atomic E-state index is 0.322. The molecule has 0 aliphatic carbocycles. The van der Waals surface area contributed by atoms with Crippen LogP contribution in [0.5, 0.6) is 0 Å². The van der Waals surface area contributed by atoms with Gasteiger partial charge in [-0.1, -0.05) is 48.5 Å². The third-order valence-electron chi connectivity index (χ3n) is 4.05. The smallest absolute Gasteiger partial charge is 0.421 e. The lowest BCUT2D eigenvalue weighted by Crippen LogP contribution is -2.44. The van der Waals surface area contributed by atoms with Crippen molar-refractivity contribution in [3.05, 3.63) is 65.7 Å². The van der Waals surface area contributed by atoms with Crippen LogP contribution >= 0.6 is 0 Å². The molecular formula is C20H22F3NO5S. The predicted octanol–water partition coefficient (Wildman–Crippen LogP) is 3.89. The predicted molar refractivity (Wildman–Crippen MR) is 103 cm³/mol. The Labute approximate surface area is 172 Å². The van der Waals surface area contributed by atoms with Gasteiger partial charge in [0.05, 0.1) is 4.90 Å². The molecule has 0 saturated heterocycles. The van der Waals surface area contributed by atoms with E-state index in [1.54, 1.807) is 4.72 Å². The minimum atomic E-state index is -5.09. The molecule has 164 valence electrons. The van der Waals surface area contributed by atoms with E-state index in [9.17, 15) is 31.5 Å². The number of amides is 1. The Morgan fingerprint density at radius 3 is 2.07 bits per heavy atom. The van der Waals surface area contributed by atoms with Gasteiger partial charge in [-0.3, -0.25) is 0 Å². The second-order valence-electron chi connectivity index (χ2n) is 7.62. The standard InChI is InChI=1S/C20H22F3NO5S/c1-18(2,3)29-17(25)24-30(27,28)16-12-8-7-9-14(16)13-19(26,20(21,22)23)15-10-5-4-6-11-15/h4-12,26H,13H2,1-3H3,(H,24,25). The molecule has 0 bridgehead atoms. The van der Waals surface area contributed by atoms with E-state index < -0.39 is 50.4 Å².